The number of hydrogen-bond acceptors (Lipinski definition) is 4. The monoisotopic (exact) mass is 253 g/mol. The summed E-state index contributed by atoms with van der Waals surface area (Å²) in [7, 11) is 1.59. The highest BCUT2D eigenvalue weighted by Crippen LogP contribution is 2.16. The minimum atomic E-state index is -0.799. The average Bonchev–Trinajstić information content (AvgIpc) is 2.38. The topological polar surface area (TPSA) is 78.8 Å². The van der Waals surface area contributed by atoms with Crippen molar-refractivity contribution in [2.45, 2.75) is 18.9 Å². The molecular weight excluding hydrogens is 234 g/mol. The average molecular weight is 253 g/mol. The number of ether oxygens (including phenoxy) is 1. The zero-order chi connectivity index (χ0) is 13.4. The molecule has 1 aromatic carbocycles. The second-order valence-electron chi connectivity index (χ2n) is 3.99. The van der Waals surface area contributed by atoms with Crippen LogP contribution in [0, 0.1) is 0 Å². The second kappa shape index (κ2) is 7.68. The van der Waals surface area contributed by atoms with E-state index >= 15 is 0 Å². The highest BCUT2D eigenvalue weighted by molar-refractivity contribution is 5.66. The van der Waals surface area contributed by atoms with Gasteiger partial charge in [-0.3, -0.25) is 4.79 Å². The molecule has 0 saturated heterocycles. The summed E-state index contributed by atoms with van der Waals surface area (Å²) < 4.78 is 5.03. The SMILES string of the molecule is COc1ccc(C(O)CNCCCC(=O)O)cc1. The summed E-state index contributed by atoms with van der Waals surface area (Å²) in [5, 5.41) is 21.4. The Kier molecular flexibility index (Phi) is 6.18. The number of nitrogens with one attached hydrogen (secondary N) is 1. The highest BCUT2D eigenvalue weighted by Gasteiger charge is 2.06. The van der Waals surface area contributed by atoms with Crippen LogP contribution in [-0.2, 0) is 4.79 Å². The van der Waals surface area contributed by atoms with Gasteiger partial charge in [0.1, 0.15) is 5.75 Å². The Hall–Kier alpha value is -1.59. The van der Waals surface area contributed by atoms with Crippen LogP contribution in [0.25, 0.3) is 0 Å². The lowest BCUT2D eigenvalue weighted by molar-refractivity contribution is -0.137. The van der Waals surface area contributed by atoms with E-state index in [-0.39, 0.29) is 6.42 Å². The molecule has 0 radical (unpaired) electrons. The Labute approximate surface area is 106 Å². The molecule has 0 aliphatic rings. The van der Waals surface area contributed by atoms with E-state index < -0.39 is 12.1 Å². The number of methoxy groups -OCH3 is 1. The molecule has 1 rings (SSSR count). The Balaban J connectivity index is 2.27. The number of aliphatic hydroxyl groups excluding tert-OH is 1. The van der Waals surface area contributed by atoms with E-state index in [0.29, 0.717) is 19.5 Å². The van der Waals surface area contributed by atoms with Gasteiger partial charge < -0.3 is 20.3 Å². The molecule has 1 aromatic rings. The summed E-state index contributed by atoms with van der Waals surface area (Å²) in [6.07, 6.45) is 0.108. The van der Waals surface area contributed by atoms with Crippen molar-refractivity contribution in [1.82, 2.24) is 5.32 Å². The number of benzene rings is 1. The van der Waals surface area contributed by atoms with Crippen molar-refractivity contribution in [2.75, 3.05) is 20.2 Å². The van der Waals surface area contributed by atoms with Crippen LogP contribution >= 0.6 is 0 Å². The predicted octanol–water partition coefficient (Wildman–Crippen LogP) is 1.18. The molecule has 0 bridgehead atoms. The molecule has 0 aromatic heterocycles. The summed E-state index contributed by atoms with van der Waals surface area (Å²) in [4.78, 5) is 10.3. The van der Waals surface area contributed by atoms with Gasteiger partial charge in [-0.05, 0) is 30.7 Å². The molecule has 0 aliphatic carbocycles. The molecule has 3 N–H and O–H groups in total. The van der Waals surface area contributed by atoms with E-state index in [4.69, 9.17) is 9.84 Å². The first kappa shape index (κ1) is 14.5. The van der Waals surface area contributed by atoms with Crippen molar-refractivity contribution >= 4 is 5.97 Å². The Morgan fingerprint density at radius 1 is 1.39 bits per heavy atom. The number of carboxylic acids is 1. The van der Waals surface area contributed by atoms with Crippen LogP contribution in [0.4, 0.5) is 0 Å². The second-order valence-corrected chi connectivity index (χ2v) is 3.99. The number of aliphatic hydroxyl groups is 1. The van der Waals surface area contributed by atoms with E-state index in [1.165, 1.54) is 0 Å². The molecule has 0 saturated carbocycles. The molecule has 0 heterocycles. The summed E-state index contributed by atoms with van der Waals surface area (Å²) in [6, 6.07) is 7.21. The molecule has 18 heavy (non-hydrogen) atoms. The largest absolute Gasteiger partial charge is 0.497 e. The molecule has 1 unspecified atom stereocenters. The van der Waals surface area contributed by atoms with Gasteiger partial charge in [0.05, 0.1) is 13.2 Å². The van der Waals surface area contributed by atoms with Crippen molar-refractivity contribution in [3.05, 3.63) is 29.8 Å². The van der Waals surface area contributed by atoms with Gasteiger partial charge in [0.15, 0.2) is 0 Å². The molecule has 0 spiro atoms. The van der Waals surface area contributed by atoms with Crippen molar-refractivity contribution in [3.8, 4) is 5.75 Å². The Bertz CT molecular complexity index is 364. The fourth-order valence-corrected chi connectivity index (χ4v) is 1.55. The maximum Gasteiger partial charge on any atom is 0.303 e. The summed E-state index contributed by atoms with van der Waals surface area (Å²) >= 11 is 0. The van der Waals surface area contributed by atoms with Crippen LogP contribution in [-0.4, -0.2) is 36.4 Å². The van der Waals surface area contributed by atoms with Crippen LogP contribution in [0.15, 0.2) is 24.3 Å². The lowest BCUT2D eigenvalue weighted by Crippen LogP contribution is -2.23. The van der Waals surface area contributed by atoms with Crippen LogP contribution in [0.3, 0.4) is 0 Å². The summed E-state index contributed by atoms with van der Waals surface area (Å²) in [6.45, 7) is 0.992. The van der Waals surface area contributed by atoms with Crippen LogP contribution in [0.5, 0.6) is 5.75 Å². The third kappa shape index (κ3) is 5.16. The summed E-state index contributed by atoms with van der Waals surface area (Å²) in [5.74, 6) is -0.0483. The number of carbonyl (C=O) groups is 1. The van der Waals surface area contributed by atoms with E-state index in [0.717, 1.165) is 11.3 Å². The third-order valence-corrected chi connectivity index (χ3v) is 2.58. The van der Waals surface area contributed by atoms with Crippen molar-refractivity contribution in [1.29, 1.82) is 0 Å². The van der Waals surface area contributed by atoms with E-state index in [1.807, 2.05) is 12.1 Å². The maximum absolute atomic E-state index is 10.3. The van der Waals surface area contributed by atoms with Gasteiger partial charge in [-0.25, -0.2) is 0 Å². The molecule has 100 valence electrons. The van der Waals surface area contributed by atoms with Gasteiger partial charge in [0.25, 0.3) is 0 Å². The normalized spacial score (nSPS) is 12.1. The lowest BCUT2D eigenvalue weighted by atomic mass is 10.1. The number of aliphatic carboxylic acids is 1. The minimum absolute atomic E-state index is 0.144. The van der Waals surface area contributed by atoms with Crippen molar-refractivity contribution < 1.29 is 19.7 Å². The molecular formula is C13H19NO4. The minimum Gasteiger partial charge on any atom is -0.497 e. The third-order valence-electron chi connectivity index (χ3n) is 2.58. The van der Waals surface area contributed by atoms with Gasteiger partial charge in [-0.1, -0.05) is 12.1 Å². The fourth-order valence-electron chi connectivity index (χ4n) is 1.55. The van der Waals surface area contributed by atoms with Crippen LogP contribution < -0.4 is 10.1 Å². The lowest BCUT2D eigenvalue weighted by Gasteiger charge is -2.12. The Morgan fingerprint density at radius 3 is 2.61 bits per heavy atom. The first-order chi connectivity index (χ1) is 8.63. The van der Waals surface area contributed by atoms with Crippen LogP contribution in [0.2, 0.25) is 0 Å². The molecule has 0 amide bonds. The standard InChI is InChI=1S/C13H19NO4/c1-18-11-6-4-10(5-7-11)12(15)9-14-8-2-3-13(16)17/h4-7,12,14-15H,2-3,8-9H2,1H3,(H,16,17). The summed E-state index contributed by atoms with van der Waals surface area (Å²) in [5.41, 5.74) is 0.807. The predicted molar refractivity (Wildman–Crippen MR) is 67.7 cm³/mol. The number of carboxylic acid groups (broad SMARTS) is 1. The van der Waals surface area contributed by atoms with E-state index in [2.05, 4.69) is 5.32 Å². The first-order valence-corrected chi connectivity index (χ1v) is 5.88. The molecule has 1 atom stereocenters. The van der Waals surface area contributed by atoms with Crippen molar-refractivity contribution in [2.24, 2.45) is 0 Å². The first-order valence-electron chi connectivity index (χ1n) is 5.88. The molecule has 0 aliphatic heterocycles. The molecule has 0 fully saturated rings. The van der Waals surface area contributed by atoms with Gasteiger partial charge in [-0.15, -0.1) is 0 Å². The smallest absolute Gasteiger partial charge is 0.303 e. The maximum atomic E-state index is 10.3. The van der Waals surface area contributed by atoms with Gasteiger partial charge in [0, 0.05) is 13.0 Å². The van der Waals surface area contributed by atoms with E-state index in [9.17, 15) is 9.90 Å². The van der Waals surface area contributed by atoms with E-state index in [1.54, 1.807) is 19.2 Å². The zero-order valence-corrected chi connectivity index (χ0v) is 10.4. The zero-order valence-electron chi connectivity index (χ0n) is 10.4. The van der Waals surface area contributed by atoms with Crippen LogP contribution in [0.1, 0.15) is 24.5 Å². The molecule has 5 nitrogen and oxygen atoms in total. The number of rotatable bonds is 8. The van der Waals surface area contributed by atoms with Gasteiger partial charge >= 0.3 is 5.97 Å². The fraction of sp³-hybridized carbons (Fsp3) is 0.462. The quantitative estimate of drug-likeness (QED) is 0.606. The molecule has 5 heteroatoms. The van der Waals surface area contributed by atoms with Gasteiger partial charge in [0.2, 0.25) is 0 Å². The Morgan fingerprint density at radius 2 is 2.06 bits per heavy atom. The van der Waals surface area contributed by atoms with Crippen molar-refractivity contribution in [3.63, 3.8) is 0 Å². The highest BCUT2D eigenvalue weighted by atomic mass is 16.5. The van der Waals surface area contributed by atoms with Gasteiger partial charge in [-0.2, -0.15) is 0 Å². The number of hydrogen-bond donors (Lipinski definition) is 3.